The van der Waals surface area contributed by atoms with Crippen LogP contribution < -0.4 is 4.53 Å². The minimum atomic E-state index is -2.65. The van der Waals surface area contributed by atoms with Crippen LogP contribution in [0.1, 0.15) is 38.6 Å². The zero-order valence-corrected chi connectivity index (χ0v) is 13.4. The van der Waals surface area contributed by atoms with Gasteiger partial charge in [-0.15, -0.1) is 0 Å². The summed E-state index contributed by atoms with van der Waals surface area (Å²) in [6.07, 6.45) is -2.65. The van der Waals surface area contributed by atoms with Crippen LogP contribution >= 0.6 is 0 Å². The lowest BCUT2D eigenvalue weighted by molar-refractivity contribution is 0.115. The Kier molecular flexibility index (Phi) is 3.86. The summed E-state index contributed by atoms with van der Waals surface area (Å²) in [7, 11) is -1.15. The maximum Gasteiger partial charge on any atom is 0.311 e. The van der Waals surface area contributed by atoms with E-state index in [0.29, 0.717) is 11.0 Å². The summed E-state index contributed by atoms with van der Waals surface area (Å²) >= 11 is 0. The largest absolute Gasteiger partial charge is 0.467 e. The minimum absolute atomic E-state index is 0.0473. The van der Waals surface area contributed by atoms with Crippen molar-refractivity contribution < 1.29 is 13.3 Å². The normalized spacial score (nSPS) is 12.7. The van der Waals surface area contributed by atoms with Gasteiger partial charge in [0.05, 0.1) is 5.52 Å². The molecule has 2 aromatic rings. The van der Waals surface area contributed by atoms with E-state index in [9.17, 15) is 8.78 Å². The van der Waals surface area contributed by atoms with Gasteiger partial charge in [-0.2, -0.15) is 4.73 Å². The van der Waals surface area contributed by atoms with Gasteiger partial charge in [0, 0.05) is 0 Å². The number of nitrogens with zero attached hydrogens (tertiary/aromatic N) is 2. The lowest BCUT2D eigenvalue weighted by Crippen LogP contribution is -2.25. The van der Waals surface area contributed by atoms with Gasteiger partial charge in [-0.3, -0.25) is 0 Å². The minimum Gasteiger partial charge on any atom is -0.467 e. The van der Waals surface area contributed by atoms with Crippen LogP contribution in [0.4, 0.5) is 8.78 Å². The molecule has 0 unspecified atom stereocenters. The Morgan fingerprint density at radius 2 is 1.90 bits per heavy atom. The zero-order valence-electron chi connectivity index (χ0n) is 12.4. The van der Waals surface area contributed by atoms with Gasteiger partial charge in [0.25, 0.3) is 6.43 Å². The number of rotatable bonds is 3. The average molecular weight is 297 g/mol. The molecular weight excluding hydrogens is 278 g/mol. The second-order valence-corrected chi connectivity index (χ2v) is 8.02. The third kappa shape index (κ3) is 2.84. The summed E-state index contributed by atoms with van der Waals surface area (Å²) in [5.74, 6) is -0.322. The highest BCUT2D eigenvalue weighted by atomic mass is 28.3. The highest BCUT2D eigenvalue weighted by Crippen LogP contribution is 2.28. The van der Waals surface area contributed by atoms with Gasteiger partial charge in [-0.1, -0.05) is 26.8 Å². The summed E-state index contributed by atoms with van der Waals surface area (Å²) in [5, 5.41) is 0. The van der Waals surface area contributed by atoms with E-state index in [-0.39, 0.29) is 11.2 Å². The Morgan fingerprint density at radius 1 is 1.25 bits per heavy atom. The second kappa shape index (κ2) is 5.16. The molecule has 2 rings (SSSR count). The Bertz CT molecular complexity index is 617. The predicted molar refractivity (Wildman–Crippen MR) is 77.5 cm³/mol. The van der Waals surface area contributed by atoms with Crippen LogP contribution in [0.25, 0.3) is 11.0 Å². The molecule has 1 radical (unpaired) electrons. The Balaban J connectivity index is 2.61. The zero-order chi connectivity index (χ0) is 15.1. The van der Waals surface area contributed by atoms with E-state index in [2.05, 4.69) is 25.8 Å². The number of alkyl halides is 2. The van der Waals surface area contributed by atoms with Crippen LogP contribution in [0, 0.1) is 0 Å². The van der Waals surface area contributed by atoms with Crippen LogP contribution in [0.15, 0.2) is 18.2 Å². The molecule has 0 aliphatic rings. The number of imidazole rings is 1. The van der Waals surface area contributed by atoms with Crippen molar-refractivity contribution in [3.63, 3.8) is 0 Å². The number of benzene rings is 1. The van der Waals surface area contributed by atoms with Gasteiger partial charge in [-0.05, 0) is 36.2 Å². The van der Waals surface area contributed by atoms with Crippen molar-refractivity contribution in [2.75, 3.05) is 0 Å². The van der Waals surface area contributed by atoms with Gasteiger partial charge in [0.2, 0.25) is 5.82 Å². The van der Waals surface area contributed by atoms with Gasteiger partial charge < -0.3 is 4.53 Å². The molecule has 0 saturated heterocycles. The first kappa shape index (κ1) is 15.0. The number of aromatic nitrogens is 2. The second-order valence-electron chi connectivity index (χ2n) is 6.02. The highest BCUT2D eigenvalue weighted by molar-refractivity contribution is 6.48. The third-order valence-corrected chi connectivity index (χ3v) is 3.52. The lowest BCUT2D eigenvalue weighted by Gasteiger charge is -2.19. The third-order valence-electron chi connectivity index (χ3n) is 2.97. The molecular formula is C14H19F2N2OSi. The quantitative estimate of drug-likeness (QED) is 0.802. The lowest BCUT2D eigenvalue weighted by atomic mass is 9.87. The molecule has 0 aliphatic heterocycles. The molecule has 0 bridgehead atoms. The van der Waals surface area contributed by atoms with Gasteiger partial charge in [-0.25, -0.2) is 13.8 Å². The van der Waals surface area contributed by atoms with E-state index in [1.165, 1.54) is 4.73 Å². The first-order valence-electron chi connectivity index (χ1n) is 6.49. The van der Waals surface area contributed by atoms with Gasteiger partial charge in [0.15, 0.2) is 0 Å². The van der Waals surface area contributed by atoms with Crippen molar-refractivity contribution in [3.8, 4) is 0 Å². The summed E-state index contributed by atoms with van der Waals surface area (Å²) in [6.45, 7) is 10.0. The molecule has 0 spiro atoms. The fraction of sp³-hybridized carbons (Fsp3) is 0.500. The van der Waals surface area contributed by atoms with E-state index in [0.717, 1.165) is 5.56 Å². The summed E-state index contributed by atoms with van der Waals surface area (Å²) in [5.41, 5.74) is 2.17. The first-order chi connectivity index (χ1) is 9.20. The van der Waals surface area contributed by atoms with Crippen LogP contribution in [0.2, 0.25) is 13.1 Å². The maximum absolute atomic E-state index is 13.1. The van der Waals surface area contributed by atoms with E-state index < -0.39 is 15.5 Å². The number of hydrogen-bond acceptors (Lipinski definition) is 2. The van der Waals surface area contributed by atoms with Crippen molar-refractivity contribution in [1.29, 1.82) is 0 Å². The summed E-state index contributed by atoms with van der Waals surface area (Å²) < 4.78 is 33.0. The molecule has 0 amide bonds. The van der Waals surface area contributed by atoms with Crippen LogP contribution in [-0.2, 0) is 5.41 Å². The van der Waals surface area contributed by atoms with Gasteiger partial charge >= 0.3 is 9.04 Å². The highest BCUT2D eigenvalue weighted by Gasteiger charge is 2.23. The molecule has 0 saturated carbocycles. The molecule has 3 nitrogen and oxygen atoms in total. The molecule has 1 aromatic carbocycles. The fourth-order valence-corrected chi connectivity index (χ4v) is 2.52. The van der Waals surface area contributed by atoms with Crippen molar-refractivity contribution in [3.05, 3.63) is 29.6 Å². The molecule has 109 valence electrons. The van der Waals surface area contributed by atoms with Crippen molar-refractivity contribution in [1.82, 2.24) is 9.71 Å². The topological polar surface area (TPSA) is 27.1 Å². The SMILES string of the molecule is C[Si](C)On1c(C(F)F)nc2cc(C(C)(C)C)ccc21. The van der Waals surface area contributed by atoms with Crippen molar-refractivity contribution >= 4 is 20.1 Å². The average Bonchev–Trinajstić information content (AvgIpc) is 2.65. The maximum atomic E-state index is 13.1. The number of halogens is 2. The Labute approximate surface area is 119 Å². The van der Waals surface area contributed by atoms with Crippen LogP contribution in [0.3, 0.4) is 0 Å². The molecule has 0 fully saturated rings. The molecule has 0 N–H and O–H groups in total. The Morgan fingerprint density at radius 3 is 2.40 bits per heavy atom. The first-order valence-corrected chi connectivity index (χ1v) is 8.90. The van der Waals surface area contributed by atoms with E-state index in [4.69, 9.17) is 4.53 Å². The summed E-state index contributed by atoms with van der Waals surface area (Å²) in [4.78, 5) is 4.04. The van der Waals surface area contributed by atoms with Gasteiger partial charge in [0.1, 0.15) is 5.52 Å². The van der Waals surface area contributed by atoms with E-state index in [1.807, 2.05) is 25.2 Å². The van der Waals surface area contributed by atoms with E-state index in [1.54, 1.807) is 6.07 Å². The standard InChI is InChI=1S/C14H19F2N2OSi/c1-14(2,3)9-6-7-11-10(8-9)17-13(12(15)16)18(11)19-20(4)5/h6-8,12H,1-5H3. The molecule has 6 heteroatoms. The smallest absolute Gasteiger partial charge is 0.311 e. The fourth-order valence-electron chi connectivity index (χ4n) is 1.96. The molecule has 1 heterocycles. The Hall–Kier alpha value is -1.43. The van der Waals surface area contributed by atoms with Crippen molar-refractivity contribution in [2.24, 2.45) is 0 Å². The summed E-state index contributed by atoms with van der Waals surface area (Å²) in [6, 6.07) is 5.61. The number of hydrogen-bond donors (Lipinski definition) is 0. The molecule has 0 aliphatic carbocycles. The monoisotopic (exact) mass is 297 g/mol. The molecule has 0 atom stereocenters. The van der Waals surface area contributed by atoms with Crippen molar-refractivity contribution in [2.45, 2.75) is 45.7 Å². The number of fused-ring (bicyclic) bond motifs is 1. The van der Waals surface area contributed by atoms with Crippen LogP contribution in [-0.4, -0.2) is 18.8 Å². The van der Waals surface area contributed by atoms with Crippen LogP contribution in [0.5, 0.6) is 0 Å². The molecule has 20 heavy (non-hydrogen) atoms. The molecule has 1 aromatic heterocycles. The van der Waals surface area contributed by atoms with E-state index >= 15 is 0 Å². The predicted octanol–water partition coefficient (Wildman–Crippen LogP) is 3.95.